The van der Waals surface area contributed by atoms with Crippen LogP contribution in [0.1, 0.15) is 43.0 Å². The van der Waals surface area contributed by atoms with Crippen molar-refractivity contribution in [3.05, 3.63) is 17.8 Å². The Kier molecular flexibility index (Phi) is 5.38. The summed E-state index contributed by atoms with van der Waals surface area (Å²) in [5.41, 5.74) is 11.6. The third-order valence-electron chi connectivity index (χ3n) is 4.07. The molecule has 1 aromatic rings. The molecule has 1 aliphatic rings. The summed E-state index contributed by atoms with van der Waals surface area (Å²) in [6.45, 7) is 5.41. The number of hydrogen-bond acceptors (Lipinski definition) is 5. The fraction of sp³-hybridized carbons (Fsp3) is 0.600. The Morgan fingerprint density at radius 2 is 2.33 bits per heavy atom. The van der Waals surface area contributed by atoms with Crippen LogP contribution in [-0.4, -0.2) is 41.5 Å². The van der Waals surface area contributed by atoms with Crippen LogP contribution in [0.15, 0.2) is 12.3 Å². The van der Waals surface area contributed by atoms with Gasteiger partial charge in [-0.05, 0) is 38.8 Å². The predicted octanol–water partition coefficient (Wildman–Crippen LogP) is 1.44. The van der Waals surface area contributed by atoms with Crippen molar-refractivity contribution in [2.24, 2.45) is 5.73 Å². The van der Waals surface area contributed by atoms with Gasteiger partial charge >= 0.3 is 0 Å². The number of aromatic nitrogens is 1. The zero-order chi connectivity index (χ0) is 15.2. The highest BCUT2D eigenvalue weighted by Gasteiger charge is 2.17. The molecule has 1 saturated heterocycles. The molecule has 6 nitrogen and oxygen atoms in total. The molecule has 0 spiro atoms. The van der Waals surface area contributed by atoms with Gasteiger partial charge in [0.05, 0.1) is 17.4 Å². The molecule has 2 heterocycles. The minimum absolute atomic E-state index is 0.315. The second kappa shape index (κ2) is 7.26. The van der Waals surface area contributed by atoms with Crippen molar-refractivity contribution in [2.75, 3.05) is 30.7 Å². The van der Waals surface area contributed by atoms with Crippen molar-refractivity contribution in [3.63, 3.8) is 0 Å². The maximum atomic E-state index is 11.2. The first kappa shape index (κ1) is 15.6. The molecule has 2 rings (SSSR count). The Hall–Kier alpha value is -1.82. The Balaban J connectivity index is 1.78. The Morgan fingerprint density at radius 1 is 1.52 bits per heavy atom. The maximum Gasteiger partial charge on any atom is 0.250 e. The van der Waals surface area contributed by atoms with Gasteiger partial charge in [0.1, 0.15) is 5.82 Å². The summed E-state index contributed by atoms with van der Waals surface area (Å²) in [6.07, 6.45) is 6.47. The van der Waals surface area contributed by atoms with Gasteiger partial charge in [0.15, 0.2) is 0 Å². The van der Waals surface area contributed by atoms with Gasteiger partial charge in [-0.2, -0.15) is 0 Å². The summed E-state index contributed by atoms with van der Waals surface area (Å²) < 4.78 is 0. The van der Waals surface area contributed by atoms with Gasteiger partial charge < -0.3 is 21.7 Å². The number of rotatable bonds is 6. The number of nitrogens with zero attached hydrogens (tertiary/aromatic N) is 2. The van der Waals surface area contributed by atoms with E-state index in [1.807, 2.05) is 0 Å². The van der Waals surface area contributed by atoms with E-state index in [-0.39, 0.29) is 0 Å². The molecule has 0 bridgehead atoms. The van der Waals surface area contributed by atoms with E-state index in [0.29, 0.717) is 23.1 Å². The molecule has 0 aliphatic carbocycles. The van der Waals surface area contributed by atoms with Gasteiger partial charge in [-0.3, -0.25) is 4.79 Å². The van der Waals surface area contributed by atoms with Crippen LogP contribution in [0.5, 0.6) is 0 Å². The van der Waals surface area contributed by atoms with Gasteiger partial charge in [-0.1, -0.05) is 6.42 Å². The van der Waals surface area contributed by atoms with Crippen LogP contribution in [0.4, 0.5) is 11.5 Å². The van der Waals surface area contributed by atoms with Gasteiger partial charge in [-0.25, -0.2) is 4.98 Å². The first-order chi connectivity index (χ1) is 10.1. The second-order valence-electron chi connectivity index (χ2n) is 5.68. The fourth-order valence-electron chi connectivity index (χ4n) is 2.76. The van der Waals surface area contributed by atoms with E-state index >= 15 is 0 Å². The number of nitrogens with two attached hydrogens (primary N) is 2. The number of carbonyl (C=O) groups is 1. The lowest BCUT2D eigenvalue weighted by atomic mass is 10.0. The van der Waals surface area contributed by atoms with E-state index in [9.17, 15) is 4.79 Å². The third-order valence-corrected chi connectivity index (χ3v) is 4.07. The molecule has 1 atom stereocenters. The number of nitrogens with one attached hydrogen (secondary N) is 1. The number of pyridine rings is 1. The predicted molar refractivity (Wildman–Crippen MR) is 85.2 cm³/mol. The summed E-state index contributed by atoms with van der Waals surface area (Å²) >= 11 is 0. The van der Waals surface area contributed by atoms with Crippen molar-refractivity contribution in [1.82, 2.24) is 9.88 Å². The molecule has 1 fully saturated rings. The molecular weight excluding hydrogens is 266 g/mol. The van der Waals surface area contributed by atoms with Crippen LogP contribution in [0.25, 0.3) is 0 Å². The number of anilines is 2. The molecule has 1 amide bonds. The topological polar surface area (TPSA) is 97.3 Å². The van der Waals surface area contributed by atoms with Crippen LogP contribution in [0, 0.1) is 0 Å². The largest absolute Gasteiger partial charge is 0.397 e. The van der Waals surface area contributed by atoms with Crippen molar-refractivity contribution >= 4 is 17.4 Å². The van der Waals surface area contributed by atoms with Crippen LogP contribution in [0.2, 0.25) is 0 Å². The summed E-state index contributed by atoms with van der Waals surface area (Å²) in [6, 6.07) is 2.30. The van der Waals surface area contributed by atoms with Crippen molar-refractivity contribution in [3.8, 4) is 0 Å². The molecule has 0 radical (unpaired) electrons. The van der Waals surface area contributed by atoms with Crippen molar-refractivity contribution in [1.29, 1.82) is 0 Å². The molecule has 1 unspecified atom stereocenters. The number of primary amides is 1. The highest BCUT2D eigenvalue weighted by Crippen LogP contribution is 2.17. The lowest BCUT2D eigenvalue weighted by Crippen LogP contribution is -2.38. The number of piperidine rings is 1. The highest BCUT2D eigenvalue weighted by atomic mass is 16.1. The molecular formula is C15H25N5O. The lowest BCUT2D eigenvalue weighted by molar-refractivity contribution is 0.100. The molecule has 0 saturated carbocycles. The minimum atomic E-state index is -0.528. The minimum Gasteiger partial charge on any atom is -0.397 e. The quantitative estimate of drug-likeness (QED) is 0.689. The number of nitrogen functional groups attached to an aromatic ring is 1. The Morgan fingerprint density at radius 3 is 3.05 bits per heavy atom. The van der Waals surface area contributed by atoms with Crippen LogP contribution in [-0.2, 0) is 0 Å². The number of likely N-dealkylation sites (tertiary alicyclic amines) is 1. The zero-order valence-corrected chi connectivity index (χ0v) is 12.6. The van der Waals surface area contributed by atoms with E-state index in [0.717, 1.165) is 19.5 Å². The van der Waals surface area contributed by atoms with E-state index in [4.69, 9.17) is 11.5 Å². The van der Waals surface area contributed by atoms with E-state index < -0.39 is 5.91 Å². The normalized spacial score (nSPS) is 19.4. The monoisotopic (exact) mass is 291 g/mol. The molecule has 21 heavy (non-hydrogen) atoms. The maximum absolute atomic E-state index is 11.2. The first-order valence-electron chi connectivity index (χ1n) is 7.61. The number of carbonyl (C=O) groups excluding carboxylic acids is 1. The average molecular weight is 291 g/mol. The average Bonchev–Trinajstić information content (AvgIpc) is 2.46. The van der Waals surface area contributed by atoms with E-state index in [1.54, 1.807) is 6.07 Å². The van der Waals surface area contributed by atoms with Crippen molar-refractivity contribution in [2.45, 2.75) is 38.6 Å². The van der Waals surface area contributed by atoms with Crippen molar-refractivity contribution < 1.29 is 4.79 Å². The Bertz CT molecular complexity index is 491. The Labute approximate surface area is 125 Å². The third kappa shape index (κ3) is 4.32. The number of amides is 1. The van der Waals surface area contributed by atoms with E-state index in [1.165, 1.54) is 32.0 Å². The molecule has 0 aromatic carbocycles. The first-order valence-corrected chi connectivity index (χ1v) is 7.61. The second-order valence-corrected chi connectivity index (χ2v) is 5.68. The SMILES string of the molecule is CC1CCCCN1CCCNc1cc(C(N)=O)c(N)cn1. The summed E-state index contributed by atoms with van der Waals surface area (Å²) in [4.78, 5) is 17.9. The van der Waals surface area contributed by atoms with Gasteiger partial charge in [0.25, 0.3) is 5.91 Å². The van der Waals surface area contributed by atoms with Gasteiger partial charge in [0, 0.05) is 19.1 Å². The van der Waals surface area contributed by atoms with Gasteiger partial charge in [0.2, 0.25) is 0 Å². The smallest absolute Gasteiger partial charge is 0.250 e. The summed E-state index contributed by atoms with van der Waals surface area (Å²) in [5, 5.41) is 3.22. The van der Waals surface area contributed by atoms with Crippen LogP contribution in [0.3, 0.4) is 0 Å². The van der Waals surface area contributed by atoms with Gasteiger partial charge in [-0.15, -0.1) is 0 Å². The summed E-state index contributed by atoms with van der Waals surface area (Å²) in [7, 11) is 0. The highest BCUT2D eigenvalue weighted by molar-refractivity contribution is 5.98. The van der Waals surface area contributed by atoms with Crippen LogP contribution >= 0.6 is 0 Å². The molecule has 1 aliphatic heterocycles. The number of hydrogen-bond donors (Lipinski definition) is 3. The summed E-state index contributed by atoms with van der Waals surface area (Å²) in [5.74, 6) is 0.116. The fourth-order valence-corrected chi connectivity index (χ4v) is 2.76. The molecule has 1 aromatic heterocycles. The van der Waals surface area contributed by atoms with Crippen LogP contribution < -0.4 is 16.8 Å². The zero-order valence-electron chi connectivity index (χ0n) is 12.6. The lowest BCUT2D eigenvalue weighted by Gasteiger charge is -2.33. The molecule has 5 N–H and O–H groups in total. The standard InChI is InChI=1S/C15H25N5O/c1-11-5-2-3-7-20(11)8-4-6-18-14-9-12(15(17)21)13(16)10-19-14/h9-11H,2-8,16H2,1H3,(H2,17,21)(H,18,19). The van der Waals surface area contributed by atoms with E-state index in [2.05, 4.69) is 22.1 Å². The molecule has 116 valence electrons. The molecule has 6 heteroatoms.